The molecule has 1 unspecified atom stereocenters. The van der Waals surface area contributed by atoms with Crippen LogP contribution >= 0.6 is 47.2 Å². The SMILES string of the molecule is CCNC(=NCC(O)COc1cccc(Cl)c1Cl)NC1CCN(C(=O)OC)CC1.I. The van der Waals surface area contributed by atoms with E-state index in [2.05, 4.69) is 15.6 Å². The van der Waals surface area contributed by atoms with Crippen molar-refractivity contribution in [2.45, 2.75) is 31.9 Å². The standard InChI is InChI=1S/C19H28Cl2N4O4.HI/c1-3-22-18(24-13-7-9-25(10-8-13)19(27)28-2)23-11-14(26)12-29-16-6-4-5-15(20)17(16)21;/h4-6,13-14,26H,3,7-12H2,1-2H3,(H2,22,23,24);1H. The maximum atomic E-state index is 11.6. The van der Waals surface area contributed by atoms with Gasteiger partial charge in [0.2, 0.25) is 0 Å². The molecule has 0 aromatic heterocycles. The van der Waals surface area contributed by atoms with Gasteiger partial charge in [-0.05, 0) is 31.9 Å². The Morgan fingerprint density at radius 1 is 1.37 bits per heavy atom. The number of nitrogens with one attached hydrogen (secondary N) is 2. The molecular weight excluding hydrogens is 546 g/mol. The topological polar surface area (TPSA) is 95.4 Å². The van der Waals surface area contributed by atoms with Crippen LogP contribution in [0.1, 0.15) is 19.8 Å². The maximum Gasteiger partial charge on any atom is 0.409 e. The summed E-state index contributed by atoms with van der Waals surface area (Å²) >= 11 is 12.0. The molecule has 170 valence electrons. The van der Waals surface area contributed by atoms with Crippen LogP contribution in [0.4, 0.5) is 4.79 Å². The predicted octanol–water partition coefficient (Wildman–Crippen LogP) is 3.14. The van der Waals surface area contributed by atoms with Gasteiger partial charge in [0.15, 0.2) is 5.96 Å². The fourth-order valence-corrected chi connectivity index (χ4v) is 3.23. The molecule has 0 spiro atoms. The molecule has 0 radical (unpaired) electrons. The molecule has 1 aromatic carbocycles. The number of benzene rings is 1. The number of hydrogen-bond acceptors (Lipinski definition) is 5. The van der Waals surface area contributed by atoms with Gasteiger partial charge in [-0.15, -0.1) is 24.0 Å². The minimum Gasteiger partial charge on any atom is -0.489 e. The van der Waals surface area contributed by atoms with Crippen LogP contribution in [0.2, 0.25) is 10.0 Å². The first-order valence-corrected chi connectivity index (χ1v) is 10.3. The Hall–Kier alpha value is -1.17. The first-order chi connectivity index (χ1) is 13.9. The van der Waals surface area contributed by atoms with E-state index in [0.29, 0.717) is 41.4 Å². The van der Waals surface area contributed by atoms with Crippen LogP contribution < -0.4 is 15.4 Å². The van der Waals surface area contributed by atoms with Crippen LogP contribution in [0.5, 0.6) is 5.75 Å². The molecule has 1 aliphatic rings. The number of halogens is 3. The molecule has 1 saturated heterocycles. The molecular formula is C19H29Cl2IN4O4. The van der Waals surface area contributed by atoms with Gasteiger partial charge in [-0.1, -0.05) is 29.3 Å². The summed E-state index contributed by atoms with van der Waals surface area (Å²) in [6.45, 7) is 4.12. The molecule has 11 heteroatoms. The zero-order valence-electron chi connectivity index (χ0n) is 17.1. The number of rotatable bonds is 7. The molecule has 1 atom stereocenters. The fraction of sp³-hybridized carbons (Fsp3) is 0.579. The van der Waals surface area contributed by atoms with Crippen LogP contribution in [-0.2, 0) is 4.74 Å². The van der Waals surface area contributed by atoms with E-state index in [-0.39, 0.29) is 49.3 Å². The first-order valence-electron chi connectivity index (χ1n) is 9.57. The number of piperidine rings is 1. The Kier molecular flexibility index (Phi) is 12.5. The Morgan fingerprint density at radius 2 is 2.07 bits per heavy atom. The van der Waals surface area contributed by atoms with Crippen LogP contribution in [0, 0.1) is 0 Å². The first kappa shape index (κ1) is 26.9. The van der Waals surface area contributed by atoms with Crippen LogP contribution in [0.15, 0.2) is 23.2 Å². The molecule has 1 amide bonds. The number of aliphatic hydroxyl groups excluding tert-OH is 1. The van der Waals surface area contributed by atoms with Gasteiger partial charge < -0.3 is 30.1 Å². The summed E-state index contributed by atoms with van der Waals surface area (Å²) in [5.41, 5.74) is 0. The maximum absolute atomic E-state index is 11.6. The molecule has 0 bridgehead atoms. The van der Waals surface area contributed by atoms with Crippen molar-refractivity contribution >= 4 is 59.2 Å². The minimum atomic E-state index is -0.804. The Morgan fingerprint density at radius 3 is 2.70 bits per heavy atom. The zero-order valence-corrected chi connectivity index (χ0v) is 20.9. The van der Waals surface area contributed by atoms with Crippen LogP contribution in [-0.4, -0.2) is 74.1 Å². The highest BCUT2D eigenvalue weighted by atomic mass is 127. The molecule has 0 saturated carbocycles. The minimum absolute atomic E-state index is 0. The highest BCUT2D eigenvalue weighted by molar-refractivity contribution is 14.0. The summed E-state index contributed by atoms with van der Waals surface area (Å²) < 4.78 is 10.3. The molecule has 1 aliphatic heterocycles. The molecule has 8 nitrogen and oxygen atoms in total. The monoisotopic (exact) mass is 574 g/mol. The second-order valence-corrected chi connectivity index (χ2v) is 7.40. The summed E-state index contributed by atoms with van der Waals surface area (Å²) in [5.74, 6) is 1.04. The highest BCUT2D eigenvalue weighted by Gasteiger charge is 2.23. The average Bonchev–Trinajstić information content (AvgIpc) is 2.73. The van der Waals surface area contributed by atoms with E-state index in [4.69, 9.17) is 32.7 Å². The van der Waals surface area contributed by atoms with Crippen molar-refractivity contribution in [3.05, 3.63) is 28.2 Å². The summed E-state index contributed by atoms with van der Waals surface area (Å²) in [6.07, 6.45) is 0.477. The lowest BCUT2D eigenvalue weighted by Gasteiger charge is -2.32. The van der Waals surface area contributed by atoms with Gasteiger partial charge in [0.05, 0.1) is 18.7 Å². The number of carbonyl (C=O) groups excluding carboxylic acids is 1. The van der Waals surface area contributed by atoms with Crippen molar-refractivity contribution in [1.82, 2.24) is 15.5 Å². The molecule has 1 fully saturated rings. The number of methoxy groups -OCH3 is 1. The third kappa shape index (κ3) is 8.52. The van der Waals surface area contributed by atoms with Crippen molar-refractivity contribution < 1.29 is 19.4 Å². The highest BCUT2D eigenvalue weighted by Crippen LogP contribution is 2.31. The normalized spacial score (nSPS) is 15.8. The summed E-state index contributed by atoms with van der Waals surface area (Å²) in [5, 5.41) is 17.4. The van der Waals surface area contributed by atoms with E-state index in [0.717, 1.165) is 12.8 Å². The molecule has 2 rings (SSSR count). The second kappa shape index (κ2) is 14.0. The van der Waals surface area contributed by atoms with E-state index < -0.39 is 6.10 Å². The summed E-state index contributed by atoms with van der Waals surface area (Å²) in [6, 6.07) is 5.28. The second-order valence-electron chi connectivity index (χ2n) is 6.61. The number of nitrogens with zero attached hydrogens (tertiary/aromatic N) is 2. The molecule has 3 N–H and O–H groups in total. The van der Waals surface area contributed by atoms with Crippen molar-refractivity contribution in [2.75, 3.05) is 39.9 Å². The van der Waals surface area contributed by atoms with Gasteiger partial charge in [-0.25, -0.2) is 4.79 Å². The number of likely N-dealkylation sites (tertiary alicyclic amines) is 1. The Balaban J connectivity index is 0.00000450. The zero-order chi connectivity index (χ0) is 21.2. The molecule has 1 heterocycles. The number of ether oxygens (including phenoxy) is 2. The van der Waals surface area contributed by atoms with Crippen molar-refractivity contribution in [1.29, 1.82) is 0 Å². The number of guanidine groups is 1. The smallest absolute Gasteiger partial charge is 0.409 e. The molecule has 1 aromatic rings. The number of aliphatic imine (C=N–C) groups is 1. The molecule has 0 aliphatic carbocycles. The molecule has 30 heavy (non-hydrogen) atoms. The van der Waals surface area contributed by atoms with Gasteiger partial charge in [-0.3, -0.25) is 4.99 Å². The number of carbonyl (C=O) groups is 1. The summed E-state index contributed by atoms with van der Waals surface area (Å²) in [4.78, 5) is 17.7. The Labute approximate surface area is 204 Å². The van der Waals surface area contributed by atoms with E-state index in [1.807, 2.05) is 6.92 Å². The predicted molar refractivity (Wildman–Crippen MR) is 129 cm³/mol. The van der Waals surface area contributed by atoms with E-state index >= 15 is 0 Å². The largest absolute Gasteiger partial charge is 0.489 e. The summed E-state index contributed by atoms with van der Waals surface area (Å²) in [7, 11) is 1.39. The lowest BCUT2D eigenvalue weighted by molar-refractivity contribution is 0.111. The van der Waals surface area contributed by atoms with E-state index in [1.165, 1.54) is 7.11 Å². The van der Waals surface area contributed by atoms with Crippen molar-refractivity contribution in [3.63, 3.8) is 0 Å². The number of hydrogen-bond donors (Lipinski definition) is 3. The average molecular weight is 575 g/mol. The third-order valence-electron chi connectivity index (χ3n) is 4.42. The van der Waals surface area contributed by atoms with Gasteiger partial charge in [0.25, 0.3) is 0 Å². The quantitative estimate of drug-likeness (QED) is 0.263. The van der Waals surface area contributed by atoms with Gasteiger partial charge in [0, 0.05) is 25.7 Å². The number of amides is 1. The number of aliphatic hydroxyl groups is 1. The van der Waals surface area contributed by atoms with Crippen LogP contribution in [0.3, 0.4) is 0 Å². The third-order valence-corrected chi connectivity index (χ3v) is 5.22. The van der Waals surface area contributed by atoms with Crippen LogP contribution in [0.25, 0.3) is 0 Å². The lowest BCUT2D eigenvalue weighted by atomic mass is 10.1. The van der Waals surface area contributed by atoms with E-state index in [9.17, 15) is 9.90 Å². The van der Waals surface area contributed by atoms with E-state index in [1.54, 1.807) is 23.1 Å². The van der Waals surface area contributed by atoms with Gasteiger partial charge in [-0.2, -0.15) is 0 Å². The van der Waals surface area contributed by atoms with Crippen molar-refractivity contribution in [3.8, 4) is 5.75 Å². The van der Waals surface area contributed by atoms with Gasteiger partial charge in [0.1, 0.15) is 23.5 Å². The lowest BCUT2D eigenvalue weighted by Crippen LogP contribution is -2.50. The fourth-order valence-electron chi connectivity index (χ4n) is 2.88. The Bertz CT molecular complexity index is 703. The van der Waals surface area contributed by atoms with Crippen molar-refractivity contribution in [2.24, 2.45) is 4.99 Å². The van der Waals surface area contributed by atoms with Gasteiger partial charge >= 0.3 is 6.09 Å².